The molecule has 4 rings (SSSR count). The topological polar surface area (TPSA) is 63.6 Å². The summed E-state index contributed by atoms with van der Waals surface area (Å²) in [5.41, 5.74) is 5.62. The highest BCUT2D eigenvalue weighted by atomic mass is 32.2. The van der Waals surface area contributed by atoms with Gasteiger partial charge in [-0.3, -0.25) is 0 Å². The molecule has 0 atom stereocenters. The Bertz CT molecular complexity index is 1150. The molecule has 32 heavy (non-hydrogen) atoms. The van der Waals surface area contributed by atoms with Crippen LogP contribution in [0, 0.1) is 13.8 Å². The van der Waals surface area contributed by atoms with E-state index in [1.54, 1.807) is 12.1 Å². The van der Waals surface area contributed by atoms with E-state index in [1.165, 1.54) is 15.4 Å². The van der Waals surface area contributed by atoms with Crippen molar-refractivity contribution in [3.8, 4) is 5.69 Å². The number of hydrogen-bond acceptors (Lipinski definition) is 4. The number of aromatic nitrogens is 1. The molecule has 7 heteroatoms. The molecule has 0 spiro atoms. The number of nitrogens with one attached hydrogen (secondary N) is 1. The van der Waals surface area contributed by atoms with E-state index in [4.69, 9.17) is 4.74 Å². The molecule has 170 valence electrons. The van der Waals surface area contributed by atoms with E-state index in [0.717, 1.165) is 36.6 Å². The predicted molar refractivity (Wildman–Crippen MR) is 127 cm³/mol. The summed E-state index contributed by atoms with van der Waals surface area (Å²) in [5, 5.41) is 3.53. The second-order valence-corrected chi connectivity index (χ2v) is 10.1. The van der Waals surface area contributed by atoms with E-state index < -0.39 is 10.0 Å². The average molecular weight is 454 g/mol. The van der Waals surface area contributed by atoms with Crippen LogP contribution in [0.5, 0.6) is 0 Å². The lowest BCUT2D eigenvalue weighted by atomic mass is 10.1. The van der Waals surface area contributed by atoms with Gasteiger partial charge in [-0.15, -0.1) is 0 Å². The van der Waals surface area contributed by atoms with Crippen molar-refractivity contribution in [1.82, 2.24) is 14.2 Å². The van der Waals surface area contributed by atoms with Crippen LogP contribution < -0.4 is 5.32 Å². The standard InChI is InChI=1S/C25H31N3O3S/c1-20-17-23(19-26-12-11-22-7-4-3-5-8-22)21(2)28(20)24-9-6-10-25(18-24)32(29,30)27-13-15-31-16-14-27/h3-10,17-18,26H,11-16,19H2,1-2H3. The molecule has 1 aromatic heterocycles. The van der Waals surface area contributed by atoms with Crippen molar-refractivity contribution < 1.29 is 13.2 Å². The minimum atomic E-state index is -3.53. The van der Waals surface area contributed by atoms with Crippen LogP contribution in [-0.2, 0) is 27.7 Å². The fraction of sp³-hybridized carbons (Fsp3) is 0.360. The van der Waals surface area contributed by atoms with Gasteiger partial charge in [0.1, 0.15) is 0 Å². The molecule has 1 aliphatic rings. The van der Waals surface area contributed by atoms with E-state index in [0.29, 0.717) is 31.2 Å². The number of benzene rings is 2. The molecule has 1 fully saturated rings. The quantitative estimate of drug-likeness (QED) is 0.531. The van der Waals surface area contributed by atoms with Gasteiger partial charge in [0.05, 0.1) is 18.1 Å². The van der Waals surface area contributed by atoms with E-state index in [-0.39, 0.29) is 0 Å². The van der Waals surface area contributed by atoms with Gasteiger partial charge in [-0.05, 0) is 62.2 Å². The molecule has 3 aromatic rings. The van der Waals surface area contributed by atoms with Crippen LogP contribution >= 0.6 is 0 Å². The Kier molecular flexibility index (Phi) is 7.10. The van der Waals surface area contributed by atoms with Gasteiger partial charge in [0, 0.05) is 36.7 Å². The fourth-order valence-corrected chi connectivity index (χ4v) is 5.67. The van der Waals surface area contributed by atoms with Gasteiger partial charge in [-0.2, -0.15) is 4.31 Å². The molecule has 2 heterocycles. The maximum atomic E-state index is 13.1. The third-order valence-electron chi connectivity index (χ3n) is 5.97. The highest BCUT2D eigenvalue weighted by Gasteiger charge is 2.26. The monoisotopic (exact) mass is 453 g/mol. The Morgan fingerprint density at radius 3 is 2.47 bits per heavy atom. The van der Waals surface area contributed by atoms with Crippen LogP contribution in [-0.4, -0.2) is 50.1 Å². The van der Waals surface area contributed by atoms with Crippen molar-refractivity contribution in [3.63, 3.8) is 0 Å². The lowest BCUT2D eigenvalue weighted by molar-refractivity contribution is 0.0730. The maximum absolute atomic E-state index is 13.1. The molecule has 2 aromatic carbocycles. The van der Waals surface area contributed by atoms with Crippen LogP contribution in [0.2, 0.25) is 0 Å². The van der Waals surface area contributed by atoms with Crippen molar-refractivity contribution in [2.75, 3.05) is 32.8 Å². The maximum Gasteiger partial charge on any atom is 0.243 e. The first-order chi connectivity index (χ1) is 15.5. The third-order valence-corrected chi connectivity index (χ3v) is 7.86. The van der Waals surface area contributed by atoms with Crippen LogP contribution in [0.3, 0.4) is 0 Å². The van der Waals surface area contributed by atoms with Crippen LogP contribution in [0.15, 0.2) is 65.6 Å². The smallest absolute Gasteiger partial charge is 0.243 e. The van der Waals surface area contributed by atoms with Gasteiger partial charge in [0.2, 0.25) is 10.0 Å². The Morgan fingerprint density at radius 1 is 0.969 bits per heavy atom. The van der Waals surface area contributed by atoms with E-state index in [2.05, 4.69) is 54.1 Å². The second kappa shape index (κ2) is 10.0. The first-order valence-electron chi connectivity index (χ1n) is 11.1. The zero-order chi connectivity index (χ0) is 22.6. The Hall–Kier alpha value is -2.45. The lowest BCUT2D eigenvalue weighted by Gasteiger charge is -2.26. The summed E-state index contributed by atoms with van der Waals surface area (Å²) in [6.07, 6.45) is 0.987. The minimum absolute atomic E-state index is 0.326. The molecular formula is C25H31N3O3S. The summed E-state index contributed by atoms with van der Waals surface area (Å²) < 4.78 is 35.1. The zero-order valence-electron chi connectivity index (χ0n) is 18.8. The molecular weight excluding hydrogens is 422 g/mol. The summed E-state index contributed by atoms with van der Waals surface area (Å²) in [5.74, 6) is 0. The van der Waals surface area contributed by atoms with Gasteiger partial charge in [0.25, 0.3) is 0 Å². The Morgan fingerprint density at radius 2 is 1.72 bits per heavy atom. The summed E-state index contributed by atoms with van der Waals surface area (Å²) in [7, 11) is -3.53. The Balaban J connectivity index is 1.49. The number of sulfonamides is 1. The Labute approximate surface area is 190 Å². The van der Waals surface area contributed by atoms with E-state index in [9.17, 15) is 8.42 Å². The van der Waals surface area contributed by atoms with Crippen molar-refractivity contribution in [2.45, 2.75) is 31.7 Å². The number of morpholine rings is 1. The average Bonchev–Trinajstić information content (AvgIpc) is 3.11. The summed E-state index contributed by atoms with van der Waals surface area (Å²) in [6.45, 7) is 7.50. The highest BCUT2D eigenvalue weighted by Crippen LogP contribution is 2.24. The lowest BCUT2D eigenvalue weighted by Crippen LogP contribution is -2.40. The second-order valence-electron chi connectivity index (χ2n) is 8.16. The summed E-state index contributed by atoms with van der Waals surface area (Å²) in [4.78, 5) is 0.326. The predicted octanol–water partition coefficient (Wildman–Crippen LogP) is 3.45. The molecule has 0 aliphatic carbocycles. The molecule has 0 radical (unpaired) electrons. The summed E-state index contributed by atoms with van der Waals surface area (Å²) in [6, 6.07) is 19.9. The highest BCUT2D eigenvalue weighted by molar-refractivity contribution is 7.89. The SMILES string of the molecule is Cc1cc(CNCCc2ccccc2)c(C)n1-c1cccc(S(=O)(=O)N2CCOCC2)c1. The van der Waals surface area contributed by atoms with Crippen LogP contribution in [0.1, 0.15) is 22.5 Å². The third kappa shape index (κ3) is 4.96. The van der Waals surface area contributed by atoms with E-state index >= 15 is 0 Å². The zero-order valence-corrected chi connectivity index (χ0v) is 19.6. The number of nitrogens with zero attached hydrogens (tertiary/aromatic N) is 2. The van der Waals surface area contributed by atoms with Crippen molar-refractivity contribution >= 4 is 10.0 Å². The van der Waals surface area contributed by atoms with Gasteiger partial charge < -0.3 is 14.6 Å². The van der Waals surface area contributed by atoms with Crippen LogP contribution in [0.4, 0.5) is 0 Å². The summed E-state index contributed by atoms with van der Waals surface area (Å²) >= 11 is 0. The molecule has 1 saturated heterocycles. The van der Waals surface area contributed by atoms with Gasteiger partial charge in [-0.25, -0.2) is 8.42 Å². The number of aryl methyl sites for hydroxylation is 1. The molecule has 1 aliphatic heterocycles. The molecule has 1 N–H and O–H groups in total. The normalized spacial score (nSPS) is 15.2. The van der Waals surface area contributed by atoms with E-state index in [1.807, 2.05) is 18.2 Å². The fourth-order valence-electron chi connectivity index (χ4n) is 4.23. The first kappa shape index (κ1) is 22.7. The van der Waals surface area contributed by atoms with Gasteiger partial charge >= 0.3 is 0 Å². The van der Waals surface area contributed by atoms with Crippen molar-refractivity contribution in [2.24, 2.45) is 0 Å². The van der Waals surface area contributed by atoms with Gasteiger partial charge in [0.15, 0.2) is 0 Å². The molecule has 0 amide bonds. The first-order valence-corrected chi connectivity index (χ1v) is 12.5. The number of rotatable bonds is 8. The molecule has 0 bridgehead atoms. The van der Waals surface area contributed by atoms with Crippen molar-refractivity contribution in [3.05, 3.63) is 83.2 Å². The minimum Gasteiger partial charge on any atom is -0.379 e. The largest absolute Gasteiger partial charge is 0.379 e. The number of ether oxygens (including phenoxy) is 1. The van der Waals surface area contributed by atoms with Crippen molar-refractivity contribution in [1.29, 1.82) is 0 Å². The van der Waals surface area contributed by atoms with Gasteiger partial charge in [-0.1, -0.05) is 36.4 Å². The number of hydrogen-bond donors (Lipinski definition) is 1. The molecule has 0 saturated carbocycles. The van der Waals surface area contributed by atoms with Crippen LogP contribution in [0.25, 0.3) is 5.69 Å². The molecule has 6 nitrogen and oxygen atoms in total. The molecule has 0 unspecified atom stereocenters.